The van der Waals surface area contributed by atoms with Crippen molar-refractivity contribution in [1.29, 1.82) is 0 Å². The summed E-state index contributed by atoms with van der Waals surface area (Å²) in [5.41, 5.74) is 8.35. The van der Waals surface area contributed by atoms with Gasteiger partial charge in [-0.05, 0) is 36.8 Å². The molecular weight excluding hydrogens is 228 g/mol. The first-order valence-corrected chi connectivity index (χ1v) is 6.52. The number of nitrogens with zero attached hydrogens (tertiary/aromatic N) is 1. The third-order valence-corrected chi connectivity index (χ3v) is 4.08. The lowest BCUT2D eigenvalue weighted by Gasteiger charge is -2.12. The van der Waals surface area contributed by atoms with Gasteiger partial charge in [0, 0.05) is 35.6 Å². The van der Waals surface area contributed by atoms with Crippen molar-refractivity contribution in [3.8, 4) is 10.4 Å². The van der Waals surface area contributed by atoms with Crippen LogP contribution in [0.5, 0.6) is 0 Å². The molecule has 90 valence electrons. The number of hydrogen-bond acceptors (Lipinski definition) is 3. The second kappa shape index (κ2) is 4.90. The smallest absolute Gasteiger partial charge is 0.0361 e. The molecule has 1 aromatic heterocycles. The number of anilines is 1. The van der Waals surface area contributed by atoms with E-state index in [0.29, 0.717) is 0 Å². The minimum absolute atomic E-state index is 0.120. The fraction of sp³-hybridized carbons (Fsp3) is 0.286. The van der Waals surface area contributed by atoms with Crippen LogP contribution in [0.15, 0.2) is 36.4 Å². The van der Waals surface area contributed by atoms with Gasteiger partial charge in [0.1, 0.15) is 0 Å². The summed E-state index contributed by atoms with van der Waals surface area (Å²) in [5.74, 6) is 0. The molecule has 0 radical (unpaired) electrons. The lowest BCUT2D eigenvalue weighted by molar-refractivity contribution is 0.838. The molecule has 3 heteroatoms. The highest BCUT2D eigenvalue weighted by atomic mass is 32.1. The molecule has 0 saturated heterocycles. The summed E-state index contributed by atoms with van der Waals surface area (Å²) in [4.78, 5) is 4.62. The normalized spacial score (nSPS) is 12.5. The molecule has 17 heavy (non-hydrogen) atoms. The fourth-order valence-electron chi connectivity index (χ4n) is 1.68. The first-order chi connectivity index (χ1) is 8.08. The lowest BCUT2D eigenvalue weighted by atomic mass is 10.1. The van der Waals surface area contributed by atoms with Crippen LogP contribution in [0.1, 0.15) is 17.8 Å². The van der Waals surface area contributed by atoms with E-state index in [1.807, 2.05) is 21.0 Å². The van der Waals surface area contributed by atoms with Crippen molar-refractivity contribution < 1.29 is 0 Å². The van der Waals surface area contributed by atoms with Crippen molar-refractivity contribution in [3.63, 3.8) is 0 Å². The van der Waals surface area contributed by atoms with E-state index in [9.17, 15) is 0 Å². The van der Waals surface area contributed by atoms with E-state index in [2.05, 4.69) is 41.3 Å². The van der Waals surface area contributed by atoms with Crippen LogP contribution in [0.25, 0.3) is 10.4 Å². The second-order valence-corrected chi connectivity index (χ2v) is 5.55. The average molecular weight is 246 g/mol. The molecule has 2 N–H and O–H groups in total. The van der Waals surface area contributed by atoms with Crippen LogP contribution in [0.4, 0.5) is 5.69 Å². The van der Waals surface area contributed by atoms with Gasteiger partial charge in [-0.15, -0.1) is 11.3 Å². The quantitative estimate of drug-likeness (QED) is 0.898. The topological polar surface area (TPSA) is 29.3 Å². The molecule has 0 amide bonds. The van der Waals surface area contributed by atoms with Gasteiger partial charge in [0.15, 0.2) is 0 Å². The van der Waals surface area contributed by atoms with Crippen LogP contribution in [-0.4, -0.2) is 14.1 Å². The SMILES string of the molecule is CC(N)c1ccc(-c2ccc(N(C)C)cc2)s1. The second-order valence-electron chi connectivity index (χ2n) is 4.43. The number of thiophene rings is 1. The Kier molecular flexibility index (Phi) is 3.50. The van der Waals surface area contributed by atoms with Gasteiger partial charge in [0.2, 0.25) is 0 Å². The molecule has 0 aliphatic rings. The zero-order valence-electron chi connectivity index (χ0n) is 10.5. The van der Waals surface area contributed by atoms with Gasteiger partial charge in [0.25, 0.3) is 0 Å². The number of rotatable bonds is 3. The third kappa shape index (κ3) is 2.68. The van der Waals surface area contributed by atoms with Crippen LogP contribution in [0.3, 0.4) is 0 Å². The molecule has 1 aromatic carbocycles. The number of nitrogens with two attached hydrogens (primary N) is 1. The molecule has 0 saturated carbocycles. The van der Waals surface area contributed by atoms with Crippen LogP contribution in [-0.2, 0) is 0 Å². The van der Waals surface area contributed by atoms with Gasteiger partial charge in [0.05, 0.1) is 0 Å². The summed E-state index contributed by atoms with van der Waals surface area (Å²) in [6, 6.07) is 13.0. The van der Waals surface area contributed by atoms with Crippen molar-refractivity contribution >= 4 is 17.0 Å². The summed E-state index contributed by atoms with van der Waals surface area (Å²) in [6.45, 7) is 2.02. The maximum absolute atomic E-state index is 5.87. The minimum atomic E-state index is 0.120. The first-order valence-electron chi connectivity index (χ1n) is 5.71. The van der Waals surface area contributed by atoms with Crippen LogP contribution < -0.4 is 10.6 Å². The Morgan fingerprint density at radius 1 is 1.06 bits per heavy atom. The van der Waals surface area contributed by atoms with Crippen molar-refractivity contribution in [2.45, 2.75) is 13.0 Å². The fourth-order valence-corrected chi connectivity index (χ4v) is 2.64. The third-order valence-electron chi connectivity index (χ3n) is 2.74. The van der Waals surface area contributed by atoms with Crippen LogP contribution >= 0.6 is 11.3 Å². The monoisotopic (exact) mass is 246 g/mol. The highest BCUT2D eigenvalue weighted by molar-refractivity contribution is 7.15. The molecule has 0 aliphatic heterocycles. The molecule has 1 heterocycles. The van der Waals surface area contributed by atoms with Gasteiger partial charge >= 0.3 is 0 Å². The molecule has 0 spiro atoms. The average Bonchev–Trinajstić information content (AvgIpc) is 2.78. The predicted molar refractivity (Wildman–Crippen MR) is 76.7 cm³/mol. The Hall–Kier alpha value is -1.32. The van der Waals surface area contributed by atoms with Gasteiger partial charge in [-0.3, -0.25) is 0 Å². The van der Waals surface area contributed by atoms with E-state index >= 15 is 0 Å². The standard InChI is InChI=1S/C14H18N2S/c1-10(15)13-8-9-14(17-13)11-4-6-12(7-5-11)16(2)3/h4-10H,15H2,1-3H3. The largest absolute Gasteiger partial charge is 0.378 e. The molecule has 0 aliphatic carbocycles. The van der Waals surface area contributed by atoms with Gasteiger partial charge in [-0.25, -0.2) is 0 Å². The van der Waals surface area contributed by atoms with Crippen molar-refractivity contribution in [1.82, 2.24) is 0 Å². The Morgan fingerprint density at radius 2 is 1.71 bits per heavy atom. The minimum Gasteiger partial charge on any atom is -0.378 e. The molecule has 0 fully saturated rings. The maximum atomic E-state index is 5.87. The summed E-state index contributed by atoms with van der Waals surface area (Å²) in [6.07, 6.45) is 0. The Bertz CT molecular complexity index is 483. The molecular formula is C14H18N2S. The van der Waals surface area contributed by atoms with E-state index in [1.165, 1.54) is 21.0 Å². The zero-order chi connectivity index (χ0) is 12.4. The summed E-state index contributed by atoms with van der Waals surface area (Å²) in [7, 11) is 4.10. The highest BCUT2D eigenvalue weighted by Crippen LogP contribution is 2.31. The van der Waals surface area contributed by atoms with E-state index in [-0.39, 0.29) is 6.04 Å². The van der Waals surface area contributed by atoms with Crippen LogP contribution in [0, 0.1) is 0 Å². The van der Waals surface area contributed by atoms with Gasteiger partial charge in [-0.2, -0.15) is 0 Å². The van der Waals surface area contributed by atoms with E-state index < -0.39 is 0 Å². The molecule has 2 nitrogen and oxygen atoms in total. The molecule has 2 rings (SSSR count). The Balaban J connectivity index is 2.27. The molecule has 1 unspecified atom stereocenters. The molecule has 0 bridgehead atoms. The van der Waals surface area contributed by atoms with E-state index in [1.54, 1.807) is 11.3 Å². The van der Waals surface area contributed by atoms with Crippen molar-refractivity contribution in [3.05, 3.63) is 41.3 Å². The van der Waals surface area contributed by atoms with Gasteiger partial charge in [-0.1, -0.05) is 12.1 Å². The van der Waals surface area contributed by atoms with E-state index in [4.69, 9.17) is 5.73 Å². The summed E-state index contributed by atoms with van der Waals surface area (Å²) >= 11 is 1.77. The first kappa shape index (κ1) is 12.1. The maximum Gasteiger partial charge on any atom is 0.0361 e. The molecule has 1 atom stereocenters. The van der Waals surface area contributed by atoms with Crippen LogP contribution in [0.2, 0.25) is 0 Å². The number of hydrogen-bond donors (Lipinski definition) is 1. The number of benzene rings is 1. The predicted octanol–water partition coefficient (Wildman–Crippen LogP) is 3.50. The lowest BCUT2D eigenvalue weighted by Crippen LogP contribution is -2.07. The summed E-state index contributed by atoms with van der Waals surface area (Å²) < 4.78 is 0. The Labute approximate surface area is 107 Å². The highest BCUT2D eigenvalue weighted by Gasteiger charge is 2.06. The van der Waals surface area contributed by atoms with Gasteiger partial charge < -0.3 is 10.6 Å². The zero-order valence-corrected chi connectivity index (χ0v) is 11.3. The Morgan fingerprint density at radius 3 is 2.18 bits per heavy atom. The molecule has 2 aromatic rings. The summed E-state index contributed by atoms with van der Waals surface area (Å²) in [5, 5.41) is 0. The van der Waals surface area contributed by atoms with E-state index in [0.717, 1.165) is 0 Å². The van der Waals surface area contributed by atoms with Crippen molar-refractivity contribution in [2.24, 2.45) is 5.73 Å². The van der Waals surface area contributed by atoms with Crippen molar-refractivity contribution in [2.75, 3.05) is 19.0 Å².